The van der Waals surface area contributed by atoms with Crippen LogP contribution in [0.15, 0.2) is 33.5 Å². The van der Waals surface area contributed by atoms with E-state index < -0.39 is 11.2 Å². The Labute approximate surface area is 319 Å². The van der Waals surface area contributed by atoms with E-state index in [9.17, 15) is 9.59 Å². The maximum absolute atomic E-state index is 13.0. The van der Waals surface area contributed by atoms with Crippen LogP contribution < -0.4 is 9.47 Å². The smallest absolute Gasteiger partial charge is 0.410 e. The normalized spacial score (nSPS) is 19.3. The van der Waals surface area contributed by atoms with E-state index in [1.807, 2.05) is 53.7 Å². The lowest BCUT2D eigenvalue weighted by Gasteiger charge is -2.30. The van der Waals surface area contributed by atoms with Crippen molar-refractivity contribution < 1.29 is 28.5 Å². The number of amides is 2. The average molecular weight is 839 g/mol. The summed E-state index contributed by atoms with van der Waals surface area (Å²) in [4.78, 5) is 46.3. The van der Waals surface area contributed by atoms with E-state index in [-0.39, 0.29) is 24.3 Å². The number of carbonyl (C=O) groups is 2. The number of nitrogens with zero attached hydrogens (tertiary/aromatic N) is 4. The fraction of sp³-hybridized carbons (Fsp3) is 0.474. The molecule has 0 spiro atoms. The molecule has 2 aromatic carbocycles. The van der Waals surface area contributed by atoms with Crippen molar-refractivity contribution in [3.63, 3.8) is 0 Å². The van der Waals surface area contributed by atoms with Gasteiger partial charge >= 0.3 is 12.2 Å². The fourth-order valence-electron chi connectivity index (χ4n) is 7.57. The van der Waals surface area contributed by atoms with Gasteiger partial charge in [-0.05, 0) is 123 Å². The zero-order valence-electron chi connectivity index (χ0n) is 30.1. The van der Waals surface area contributed by atoms with Crippen LogP contribution in [-0.2, 0) is 22.7 Å². The molecule has 2 N–H and O–H groups in total. The van der Waals surface area contributed by atoms with Gasteiger partial charge in [-0.15, -0.1) is 0 Å². The predicted octanol–water partition coefficient (Wildman–Crippen LogP) is 9.59. The van der Waals surface area contributed by atoms with Crippen molar-refractivity contribution in [3.8, 4) is 45.1 Å². The molecule has 2 amide bonds. The molecule has 2 fully saturated rings. The number of H-pyrrole nitrogens is 2. The van der Waals surface area contributed by atoms with Crippen molar-refractivity contribution >= 4 is 44.0 Å². The third-order valence-electron chi connectivity index (χ3n) is 9.68. The Morgan fingerprint density at radius 2 is 1.12 bits per heavy atom. The number of likely N-dealkylation sites (tertiary alicyclic amines) is 2. The Kier molecular flexibility index (Phi) is 8.63. The van der Waals surface area contributed by atoms with Crippen molar-refractivity contribution in [1.29, 1.82) is 0 Å². The molecule has 0 aliphatic carbocycles. The van der Waals surface area contributed by atoms with Crippen LogP contribution in [0.4, 0.5) is 9.59 Å². The highest BCUT2D eigenvalue weighted by molar-refractivity contribution is 9.10. The monoisotopic (exact) mass is 836 g/mol. The summed E-state index contributed by atoms with van der Waals surface area (Å²) in [6.45, 7) is 13.2. The summed E-state index contributed by atoms with van der Waals surface area (Å²) < 4.78 is 25.7. The molecule has 14 heteroatoms. The third kappa shape index (κ3) is 6.46. The lowest BCUT2D eigenvalue weighted by Crippen LogP contribution is -2.36. The Morgan fingerprint density at radius 3 is 1.50 bits per heavy atom. The molecule has 2 aromatic heterocycles. The van der Waals surface area contributed by atoms with Gasteiger partial charge in [0.15, 0.2) is 0 Å². The summed E-state index contributed by atoms with van der Waals surface area (Å²) in [6.07, 6.45) is 2.69. The number of hydrogen-bond acceptors (Lipinski definition) is 8. The molecular weight excluding hydrogens is 796 g/mol. The van der Waals surface area contributed by atoms with Crippen LogP contribution in [0.25, 0.3) is 33.6 Å². The standard InChI is InChI=1S/C38H42Br2N6O6/c1-37(2,3)51-35(47)45-11-7-9-23(45)33-41-29(31(39)43-33)19-13-21-17-50-26-16-20(14-22-18-49-25(15-19)27(21)28(22)26)30-32(40)44-34(42-30)24-10-8-12-46(24)36(48)52-38(4,5)6/h13-16,23-24H,7-12,17-18H2,1-6H3,(H,41,43)(H,42,44)/t23-,24-/m0/s1. The molecule has 8 rings (SSSR count). The van der Waals surface area contributed by atoms with E-state index in [4.69, 9.17) is 28.9 Å². The minimum Gasteiger partial charge on any atom is -0.488 e. The van der Waals surface area contributed by atoms with Crippen LogP contribution in [0.1, 0.15) is 102 Å². The molecule has 4 aromatic rings. The zero-order chi connectivity index (χ0) is 36.7. The number of imidazole rings is 2. The van der Waals surface area contributed by atoms with Crippen LogP contribution >= 0.6 is 31.9 Å². The van der Waals surface area contributed by atoms with E-state index >= 15 is 0 Å². The molecule has 2 saturated heterocycles. The summed E-state index contributed by atoms with van der Waals surface area (Å²) in [5.41, 5.74) is 6.17. The molecular formula is C38H42Br2N6O6. The number of rotatable bonds is 4. The van der Waals surface area contributed by atoms with Crippen molar-refractivity contribution in [1.82, 2.24) is 29.7 Å². The number of benzene rings is 2. The minimum absolute atomic E-state index is 0.202. The summed E-state index contributed by atoms with van der Waals surface area (Å²) in [5, 5.41) is 0. The molecule has 52 heavy (non-hydrogen) atoms. The van der Waals surface area contributed by atoms with Gasteiger partial charge in [0.25, 0.3) is 0 Å². The summed E-state index contributed by atoms with van der Waals surface area (Å²) in [5.74, 6) is 2.98. The molecule has 4 aliphatic rings. The third-order valence-corrected chi connectivity index (χ3v) is 10.8. The topological polar surface area (TPSA) is 135 Å². The highest BCUT2D eigenvalue weighted by Crippen LogP contribution is 2.51. The number of aromatic nitrogens is 4. The van der Waals surface area contributed by atoms with Gasteiger partial charge in [-0.3, -0.25) is 9.80 Å². The van der Waals surface area contributed by atoms with Gasteiger partial charge in [0, 0.05) is 46.5 Å². The van der Waals surface area contributed by atoms with Gasteiger partial charge in [-0.25, -0.2) is 19.6 Å². The van der Waals surface area contributed by atoms with E-state index in [1.165, 1.54) is 0 Å². The first-order valence-corrected chi connectivity index (χ1v) is 19.3. The SMILES string of the molecule is CC(C)(C)OC(=O)N1CCC[C@H]1c1nc(-c2cc3c4c(c2)OCc2cc(-c5nc([C@@H]6CCCN6C(=O)OC(C)(C)C)[nH]c5Br)cc(c2-4)OC3)c(Br)[nH]1. The van der Waals surface area contributed by atoms with E-state index in [1.54, 1.807) is 9.80 Å². The molecule has 2 atom stereocenters. The van der Waals surface area contributed by atoms with Gasteiger partial charge in [-0.1, -0.05) is 0 Å². The minimum atomic E-state index is -0.576. The fourth-order valence-corrected chi connectivity index (χ4v) is 8.61. The van der Waals surface area contributed by atoms with E-state index in [0.717, 1.165) is 91.2 Å². The maximum Gasteiger partial charge on any atom is 0.410 e. The molecule has 0 bridgehead atoms. The first-order valence-electron chi connectivity index (χ1n) is 17.7. The van der Waals surface area contributed by atoms with E-state index in [2.05, 4.69) is 54.0 Å². The molecule has 4 aliphatic heterocycles. The molecule has 6 heterocycles. The number of ether oxygens (including phenoxy) is 4. The van der Waals surface area contributed by atoms with Gasteiger partial charge < -0.3 is 28.9 Å². The van der Waals surface area contributed by atoms with Gasteiger partial charge in [0.1, 0.15) is 68.2 Å². The summed E-state index contributed by atoms with van der Waals surface area (Å²) in [7, 11) is 0. The van der Waals surface area contributed by atoms with Crippen LogP contribution in [0.5, 0.6) is 11.5 Å². The highest BCUT2D eigenvalue weighted by Gasteiger charge is 2.38. The van der Waals surface area contributed by atoms with E-state index in [0.29, 0.717) is 38.0 Å². The van der Waals surface area contributed by atoms with Crippen molar-refractivity contribution in [3.05, 3.63) is 56.2 Å². The van der Waals surface area contributed by atoms with Crippen LogP contribution in [-0.4, -0.2) is 66.2 Å². The summed E-state index contributed by atoms with van der Waals surface area (Å²) in [6, 6.07) is 7.87. The number of carbonyl (C=O) groups excluding carboxylic acids is 2. The first kappa shape index (κ1) is 35.0. The van der Waals surface area contributed by atoms with Gasteiger partial charge in [0.05, 0.1) is 12.1 Å². The van der Waals surface area contributed by atoms with Gasteiger partial charge in [0.2, 0.25) is 0 Å². The maximum atomic E-state index is 13.0. The lowest BCUT2D eigenvalue weighted by molar-refractivity contribution is 0.0208. The van der Waals surface area contributed by atoms with Crippen molar-refractivity contribution in [2.24, 2.45) is 0 Å². The second kappa shape index (κ2) is 12.8. The van der Waals surface area contributed by atoms with Crippen LogP contribution in [0, 0.1) is 0 Å². The number of halogens is 2. The summed E-state index contributed by atoms with van der Waals surface area (Å²) >= 11 is 7.41. The molecule has 0 unspecified atom stereocenters. The van der Waals surface area contributed by atoms with Crippen molar-refractivity contribution in [2.45, 2.75) is 104 Å². The van der Waals surface area contributed by atoms with Gasteiger partial charge in [-0.2, -0.15) is 0 Å². The molecule has 0 radical (unpaired) electrons. The van der Waals surface area contributed by atoms with Crippen LogP contribution in [0.3, 0.4) is 0 Å². The molecule has 12 nitrogen and oxygen atoms in total. The second-order valence-electron chi connectivity index (χ2n) is 15.8. The average Bonchev–Trinajstić information content (AvgIpc) is 3.87. The Bertz CT molecular complexity index is 1900. The Morgan fingerprint density at radius 1 is 0.712 bits per heavy atom. The second-order valence-corrected chi connectivity index (χ2v) is 17.4. The zero-order valence-corrected chi connectivity index (χ0v) is 33.3. The number of nitrogens with one attached hydrogen (secondary N) is 2. The molecule has 0 saturated carbocycles. The number of hydrogen-bond donors (Lipinski definition) is 2. The quantitative estimate of drug-likeness (QED) is 0.208. The van der Waals surface area contributed by atoms with Crippen LogP contribution in [0.2, 0.25) is 0 Å². The Hall–Kier alpha value is -4.04. The first-order chi connectivity index (χ1) is 24.6. The van der Waals surface area contributed by atoms with Crippen molar-refractivity contribution in [2.75, 3.05) is 13.1 Å². The number of aromatic amines is 2. The predicted molar refractivity (Wildman–Crippen MR) is 201 cm³/mol. The highest BCUT2D eigenvalue weighted by atomic mass is 79.9. The largest absolute Gasteiger partial charge is 0.488 e. The lowest BCUT2D eigenvalue weighted by atomic mass is 9.87. The molecule has 274 valence electrons. The Balaban J connectivity index is 1.07.